The number of hydrogen-bond donors (Lipinski definition) is 0. The summed E-state index contributed by atoms with van der Waals surface area (Å²) in [6.45, 7) is 3.52. The molecule has 4 rings (SSSR count). The minimum absolute atomic E-state index is 0.302. The van der Waals surface area contributed by atoms with Gasteiger partial charge < -0.3 is 0 Å². The fourth-order valence-corrected chi connectivity index (χ4v) is 5.71. The molecule has 1 aromatic carbocycles. The van der Waals surface area contributed by atoms with Crippen molar-refractivity contribution < 1.29 is 13.4 Å². The Hall–Kier alpha value is -2.61. The molecule has 0 bridgehead atoms. The first-order chi connectivity index (χ1) is 13.8. The van der Waals surface area contributed by atoms with Crippen LogP contribution in [0.2, 0.25) is 0 Å². The summed E-state index contributed by atoms with van der Waals surface area (Å²) in [4.78, 5) is 16.7. The maximum Gasteiger partial charge on any atom is 0.256 e. The number of halogens is 1. The molecule has 1 unspecified atom stereocenters. The second-order valence-electron chi connectivity index (χ2n) is 7.84. The Morgan fingerprint density at radius 2 is 2.10 bits per heavy atom. The van der Waals surface area contributed by atoms with Crippen LogP contribution in [0.25, 0.3) is 16.6 Å². The van der Waals surface area contributed by atoms with Gasteiger partial charge in [0.2, 0.25) is 0 Å². The molecule has 0 aliphatic heterocycles. The smallest absolute Gasteiger partial charge is 0.256 e. The minimum atomic E-state index is -2.86. The largest absolute Gasteiger partial charge is 0.272 e. The zero-order chi connectivity index (χ0) is 20.6. The van der Waals surface area contributed by atoms with Gasteiger partial charge in [-0.3, -0.25) is 9.78 Å². The van der Waals surface area contributed by atoms with Crippen molar-refractivity contribution in [1.29, 1.82) is 0 Å². The highest BCUT2D eigenvalue weighted by Crippen LogP contribution is 2.32. The monoisotopic (exact) mass is 414 g/mol. The van der Waals surface area contributed by atoms with Crippen LogP contribution in [0, 0.1) is 17.7 Å². The molecule has 29 heavy (non-hydrogen) atoms. The van der Waals surface area contributed by atoms with Gasteiger partial charge in [0, 0.05) is 34.2 Å². The number of rotatable bonds is 5. The fourth-order valence-electron chi connectivity index (χ4n) is 3.28. The van der Waals surface area contributed by atoms with Gasteiger partial charge in [-0.15, -0.1) is 0 Å². The molecular weight excluding hydrogens is 391 g/mol. The minimum Gasteiger partial charge on any atom is -0.272 e. The van der Waals surface area contributed by atoms with Crippen LogP contribution in [0.1, 0.15) is 33.1 Å². The van der Waals surface area contributed by atoms with Crippen LogP contribution >= 0.6 is 0 Å². The molecule has 1 aliphatic carbocycles. The van der Waals surface area contributed by atoms with Gasteiger partial charge in [-0.25, -0.2) is 13.3 Å². The molecule has 152 valence electrons. The predicted molar refractivity (Wildman–Crippen MR) is 110 cm³/mol. The van der Waals surface area contributed by atoms with E-state index in [-0.39, 0.29) is 11.8 Å². The molecule has 1 aliphatic rings. The van der Waals surface area contributed by atoms with Gasteiger partial charge in [-0.1, -0.05) is 20.3 Å². The van der Waals surface area contributed by atoms with Crippen molar-refractivity contribution in [2.75, 3.05) is 5.75 Å². The van der Waals surface area contributed by atoms with E-state index in [9.17, 15) is 13.4 Å². The number of amides is 1. The summed E-state index contributed by atoms with van der Waals surface area (Å²) in [5.41, 5.74) is 1.18. The van der Waals surface area contributed by atoms with Crippen LogP contribution in [0.3, 0.4) is 0 Å². The quantitative estimate of drug-likeness (QED) is 0.621. The molecule has 2 aromatic heterocycles. The lowest BCUT2D eigenvalue weighted by atomic mass is 9.87. The van der Waals surface area contributed by atoms with E-state index in [1.165, 1.54) is 16.9 Å². The van der Waals surface area contributed by atoms with E-state index in [4.69, 9.17) is 0 Å². The van der Waals surface area contributed by atoms with Crippen molar-refractivity contribution in [3.63, 3.8) is 0 Å². The average molecular weight is 415 g/mol. The standard InChI is InChI=1S/C21H23FN4O2S/c1-14(2)21(27)25-29(28,13-15-4-3-5-15)19-6-7-20-16(8-19)12-26(24-20)18-9-17(22)10-23-11-18/h6-12,14-15H,3-5,13H2,1-2H3. The molecule has 0 spiro atoms. The maximum absolute atomic E-state index is 13.8. The predicted octanol–water partition coefficient (Wildman–Crippen LogP) is 4.37. The Kier molecular flexibility index (Phi) is 5.21. The highest BCUT2D eigenvalue weighted by molar-refractivity contribution is 7.94. The highest BCUT2D eigenvalue weighted by atomic mass is 32.2. The number of fused-ring (bicyclic) bond motifs is 1. The molecule has 6 nitrogen and oxygen atoms in total. The number of pyridine rings is 1. The van der Waals surface area contributed by atoms with Gasteiger partial charge in [-0.2, -0.15) is 9.46 Å². The second-order valence-corrected chi connectivity index (χ2v) is 10.1. The summed E-state index contributed by atoms with van der Waals surface area (Å²) < 4.78 is 33.0. The highest BCUT2D eigenvalue weighted by Gasteiger charge is 2.26. The van der Waals surface area contributed by atoms with E-state index in [1.807, 2.05) is 0 Å². The average Bonchev–Trinajstić information content (AvgIpc) is 3.08. The third-order valence-corrected chi connectivity index (χ3v) is 7.61. The molecule has 8 heteroatoms. The number of aromatic nitrogens is 3. The van der Waals surface area contributed by atoms with Gasteiger partial charge >= 0.3 is 0 Å². The summed E-state index contributed by atoms with van der Waals surface area (Å²) in [5.74, 6) is -0.348. The van der Waals surface area contributed by atoms with Crippen LogP contribution in [0.4, 0.5) is 4.39 Å². The summed E-state index contributed by atoms with van der Waals surface area (Å²) in [6, 6.07) is 6.63. The lowest BCUT2D eigenvalue weighted by molar-refractivity contribution is -0.120. The molecule has 0 saturated heterocycles. The summed E-state index contributed by atoms with van der Waals surface area (Å²) in [7, 11) is -2.86. The molecule has 3 aromatic rings. The van der Waals surface area contributed by atoms with Crippen LogP contribution in [-0.4, -0.2) is 30.6 Å². The molecule has 2 heterocycles. The van der Waals surface area contributed by atoms with E-state index in [0.717, 1.165) is 30.8 Å². The van der Waals surface area contributed by atoms with E-state index >= 15 is 0 Å². The Bertz CT molecular complexity index is 1190. The van der Waals surface area contributed by atoms with Gasteiger partial charge in [0.25, 0.3) is 5.91 Å². The third kappa shape index (κ3) is 4.07. The first-order valence-electron chi connectivity index (χ1n) is 9.73. The Morgan fingerprint density at radius 3 is 2.76 bits per heavy atom. The first-order valence-corrected chi connectivity index (χ1v) is 11.4. The normalized spacial score (nSPS) is 16.6. The van der Waals surface area contributed by atoms with Crippen molar-refractivity contribution in [1.82, 2.24) is 14.8 Å². The Labute approximate surface area is 169 Å². The molecule has 1 fully saturated rings. The van der Waals surface area contributed by atoms with Crippen molar-refractivity contribution in [3.05, 3.63) is 48.7 Å². The molecule has 0 radical (unpaired) electrons. The van der Waals surface area contributed by atoms with Crippen LogP contribution in [-0.2, 0) is 14.5 Å². The number of nitrogens with zero attached hydrogens (tertiary/aromatic N) is 4. The van der Waals surface area contributed by atoms with E-state index < -0.39 is 15.5 Å². The van der Waals surface area contributed by atoms with Crippen LogP contribution in [0.5, 0.6) is 0 Å². The Morgan fingerprint density at radius 1 is 1.31 bits per heavy atom. The van der Waals surface area contributed by atoms with E-state index in [1.54, 1.807) is 38.2 Å². The molecular formula is C21H23FN4O2S. The van der Waals surface area contributed by atoms with Crippen molar-refractivity contribution in [2.24, 2.45) is 16.2 Å². The summed E-state index contributed by atoms with van der Waals surface area (Å²) in [6.07, 6.45) is 7.57. The number of carbonyl (C=O) groups is 1. The zero-order valence-electron chi connectivity index (χ0n) is 16.4. The van der Waals surface area contributed by atoms with Gasteiger partial charge in [0.05, 0.1) is 33.3 Å². The van der Waals surface area contributed by atoms with Crippen LogP contribution in [0.15, 0.2) is 52.1 Å². The van der Waals surface area contributed by atoms with Crippen molar-refractivity contribution in [2.45, 2.75) is 38.0 Å². The number of carbonyl (C=O) groups excluding carboxylic acids is 1. The lowest BCUT2D eigenvalue weighted by Crippen LogP contribution is -2.23. The number of hydrogen-bond acceptors (Lipinski definition) is 4. The number of benzene rings is 1. The fraction of sp³-hybridized carbons (Fsp3) is 0.381. The SMILES string of the molecule is CC(C)C(=O)N=S(=O)(CC1CCC1)c1ccc2nn(-c3cncc(F)c3)cc2c1. The van der Waals surface area contributed by atoms with Crippen LogP contribution < -0.4 is 0 Å². The summed E-state index contributed by atoms with van der Waals surface area (Å²) in [5, 5.41) is 5.19. The third-order valence-electron chi connectivity index (χ3n) is 5.22. The Balaban J connectivity index is 1.77. The molecule has 1 amide bonds. The lowest BCUT2D eigenvalue weighted by Gasteiger charge is -2.26. The topological polar surface area (TPSA) is 77.2 Å². The van der Waals surface area contributed by atoms with Gasteiger partial charge in [0.1, 0.15) is 5.82 Å². The van der Waals surface area contributed by atoms with Gasteiger partial charge in [0.15, 0.2) is 0 Å². The van der Waals surface area contributed by atoms with Crippen molar-refractivity contribution >= 4 is 26.5 Å². The second kappa shape index (κ2) is 7.67. The van der Waals surface area contributed by atoms with E-state index in [2.05, 4.69) is 14.4 Å². The summed E-state index contributed by atoms with van der Waals surface area (Å²) >= 11 is 0. The molecule has 1 saturated carbocycles. The first kappa shape index (κ1) is 19.7. The van der Waals surface area contributed by atoms with Gasteiger partial charge in [-0.05, 0) is 37.0 Å². The molecule has 1 atom stereocenters. The zero-order valence-corrected chi connectivity index (χ0v) is 17.2. The maximum atomic E-state index is 13.8. The van der Waals surface area contributed by atoms with Crippen molar-refractivity contribution in [3.8, 4) is 5.69 Å². The van der Waals surface area contributed by atoms with E-state index in [0.29, 0.717) is 27.8 Å². The molecule has 0 N–H and O–H groups in total.